The van der Waals surface area contributed by atoms with Gasteiger partial charge in [0.05, 0.1) is 6.42 Å². The highest BCUT2D eigenvalue weighted by atomic mass is 79.9. The van der Waals surface area contributed by atoms with Gasteiger partial charge >= 0.3 is 6.03 Å². The molecular formula is C24H24BrN3O2. The smallest absolute Gasteiger partial charge is 0.321 e. The molecule has 0 bridgehead atoms. The van der Waals surface area contributed by atoms with Gasteiger partial charge in [-0.05, 0) is 41.5 Å². The summed E-state index contributed by atoms with van der Waals surface area (Å²) in [5.41, 5.74) is 3.47. The zero-order valence-electron chi connectivity index (χ0n) is 17.0. The van der Waals surface area contributed by atoms with Crippen molar-refractivity contribution in [2.75, 3.05) is 24.3 Å². The Morgan fingerprint density at radius 1 is 0.867 bits per heavy atom. The van der Waals surface area contributed by atoms with Crippen molar-refractivity contribution in [2.24, 2.45) is 0 Å². The molecule has 154 valence electrons. The number of carbonyl (C=O) groups excluding carboxylic acids is 2. The van der Waals surface area contributed by atoms with Crippen molar-refractivity contribution in [2.45, 2.75) is 13.0 Å². The third-order valence-corrected chi connectivity index (χ3v) is 5.56. The fourth-order valence-corrected chi connectivity index (χ4v) is 3.38. The Labute approximate surface area is 185 Å². The molecule has 6 heteroatoms. The Morgan fingerprint density at radius 3 is 2.17 bits per heavy atom. The number of halogens is 1. The summed E-state index contributed by atoms with van der Waals surface area (Å²) in [7, 11) is 3.52. The SMILES string of the molecule is CN(Cc1ccccc1Br)C(=O)Nc1ccc(CC(=O)N(C)c2ccccc2)cc1. The van der Waals surface area contributed by atoms with Crippen LogP contribution in [0.25, 0.3) is 0 Å². The van der Waals surface area contributed by atoms with E-state index in [1.54, 1.807) is 23.9 Å². The Bertz CT molecular complexity index is 1010. The van der Waals surface area contributed by atoms with Crippen molar-refractivity contribution in [1.29, 1.82) is 0 Å². The molecule has 3 amide bonds. The molecular weight excluding hydrogens is 442 g/mol. The van der Waals surface area contributed by atoms with E-state index in [1.807, 2.05) is 78.9 Å². The number of rotatable bonds is 6. The highest BCUT2D eigenvalue weighted by Gasteiger charge is 2.13. The number of anilines is 2. The molecule has 0 atom stereocenters. The van der Waals surface area contributed by atoms with Crippen LogP contribution >= 0.6 is 15.9 Å². The van der Waals surface area contributed by atoms with E-state index in [0.29, 0.717) is 18.7 Å². The molecule has 0 saturated carbocycles. The first-order valence-electron chi connectivity index (χ1n) is 9.60. The van der Waals surface area contributed by atoms with Crippen molar-refractivity contribution in [3.8, 4) is 0 Å². The van der Waals surface area contributed by atoms with Crippen LogP contribution in [-0.2, 0) is 17.8 Å². The van der Waals surface area contributed by atoms with E-state index in [-0.39, 0.29) is 11.9 Å². The molecule has 1 N–H and O–H groups in total. The first-order valence-corrected chi connectivity index (χ1v) is 10.4. The van der Waals surface area contributed by atoms with Crippen LogP contribution in [0, 0.1) is 0 Å². The number of nitrogens with zero attached hydrogens (tertiary/aromatic N) is 2. The van der Waals surface area contributed by atoms with Crippen LogP contribution in [0.5, 0.6) is 0 Å². The van der Waals surface area contributed by atoms with Crippen LogP contribution in [0.1, 0.15) is 11.1 Å². The second-order valence-corrected chi connectivity index (χ2v) is 7.89. The minimum atomic E-state index is -0.196. The third-order valence-electron chi connectivity index (χ3n) is 4.79. The van der Waals surface area contributed by atoms with Crippen molar-refractivity contribution in [3.63, 3.8) is 0 Å². The summed E-state index contributed by atoms with van der Waals surface area (Å²) in [5.74, 6) is 0.00570. The van der Waals surface area contributed by atoms with Gasteiger partial charge in [-0.2, -0.15) is 0 Å². The van der Waals surface area contributed by atoms with Gasteiger partial charge in [0, 0.05) is 36.5 Å². The summed E-state index contributed by atoms with van der Waals surface area (Å²) in [6.07, 6.45) is 0.293. The average molecular weight is 466 g/mol. The molecule has 0 fully saturated rings. The lowest BCUT2D eigenvalue weighted by Crippen LogP contribution is -2.31. The van der Waals surface area contributed by atoms with Gasteiger partial charge in [-0.15, -0.1) is 0 Å². The molecule has 5 nitrogen and oxygen atoms in total. The average Bonchev–Trinajstić information content (AvgIpc) is 2.76. The minimum absolute atomic E-state index is 0.00570. The molecule has 3 aromatic carbocycles. The maximum absolute atomic E-state index is 12.5. The summed E-state index contributed by atoms with van der Waals surface area (Å²) in [6.45, 7) is 0.492. The van der Waals surface area contributed by atoms with Gasteiger partial charge in [-0.1, -0.05) is 64.5 Å². The standard InChI is InChI=1S/C24H24BrN3O2/c1-27(17-19-8-6-7-11-22(19)25)24(30)26-20-14-12-18(13-15-20)16-23(29)28(2)21-9-4-3-5-10-21/h3-15H,16-17H2,1-2H3,(H,26,30). The zero-order chi connectivity index (χ0) is 21.5. The number of carbonyl (C=O) groups is 2. The lowest BCUT2D eigenvalue weighted by molar-refractivity contribution is -0.117. The highest BCUT2D eigenvalue weighted by Crippen LogP contribution is 2.18. The van der Waals surface area contributed by atoms with Crippen LogP contribution in [0.15, 0.2) is 83.3 Å². The Hall–Kier alpha value is -3.12. The van der Waals surface area contributed by atoms with E-state index in [0.717, 1.165) is 21.3 Å². The number of likely N-dealkylation sites (N-methyl/N-ethyl adjacent to an activating group) is 1. The van der Waals surface area contributed by atoms with Crippen LogP contribution in [-0.4, -0.2) is 30.9 Å². The third kappa shape index (κ3) is 5.70. The van der Waals surface area contributed by atoms with Crippen molar-refractivity contribution in [1.82, 2.24) is 4.90 Å². The number of para-hydroxylation sites is 1. The second kappa shape index (κ2) is 10.1. The molecule has 0 spiro atoms. The molecule has 0 radical (unpaired) electrons. The van der Waals surface area contributed by atoms with Gasteiger partial charge in [0.2, 0.25) is 5.91 Å². The highest BCUT2D eigenvalue weighted by molar-refractivity contribution is 9.10. The molecule has 0 aliphatic heterocycles. The molecule has 3 aromatic rings. The Balaban J connectivity index is 1.55. The van der Waals surface area contributed by atoms with Gasteiger partial charge < -0.3 is 15.1 Å². The number of nitrogens with one attached hydrogen (secondary N) is 1. The maximum Gasteiger partial charge on any atom is 0.321 e. The fraction of sp³-hybridized carbons (Fsp3) is 0.167. The van der Waals surface area contributed by atoms with Gasteiger partial charge in [-0.25, -0.2) is 4.79 Å². The maximum atomic E-state index is 12.5. The molecule has 0 saturated heterocycles. The van der Waals surface area contributed by atoms with Gasteiger partial charge in [-0.3, -0.25) is 4.79 Å². The molecule has 0 aliphatic rings. The van der Waals surface area contributed by atoms with E-state index in [4.69, 9.17) is 0 Å². The summed E-state index contributed by atoms with van der Waals surface area (Å²) in [5, 5.41) is 2.89. The molecule has 0 heterocycles. The van der Waals surface area contributed by atoms with Gasteiger partial charge in [0.15, 0.2) is 0 Å². The van der Waals surface area contributed by atoms with E-state index in [2.05, 4.69) is 21.2 Å². The Morgan fingerprint density at radius 2 is 1.50 bits per heavy atom. The lowest BCUT2D eigenvalue weighted by atomic mass is 10.1. The lowest BCUT2D eigenvalue weighted by Gasteiger charge is -2.19. The van der Waals surface area contributed by atoms with Crippen molar-refractivity contribution < 1.29 is 9.59 Å². The van der Waals surface area contributed by atoms with E-state index in [9.17, 15) is 9.59 Å². The minimum Gasteiger partial charge on any atom is -0.323 e. The van der Waals surface area contributed by atoms with Crippen molar-refractivity contribution in [3.05, 3.63) is 94.5 Å². The molecule has 3 rings (SSSR count). The fourth-order valence-electron chi connectivity index (χ4n) is 2.97. The number of benzene rings is 3. The Kier molecular flexibility index (Phi) is 7.25. The number of urea groups is 1. The van der Waals surface area contributed by atoms with E-state index >= 15 is 0 Å². The quantitative estimate of drug-likeness (QED) is 0.535. The monoisotopic (exact) mass is 465 g/mol. The van der Waals surface area contributed by atoms with E-state index in [1.165, 1.54) is 0 Å². The largest absolute Gasteiger partial charge is 0.323 e. The number of hydrogen-bond donors (Lipinski definition) is 1. The van der Waals surface area contributed by atoms with Crippen LogP contribution in [0.3, 0.4) is 0 Å². The summed E-state index contributed by atoms with van der Waals surface area (Å²) in [4.78, 5) is 28.2. The topological polar surface area (TPSA) is 52.7 Å². The predicted molar refractivity (Wildman–Crippen MR) is 125 cm³/mol. The summed E-state index contributed by atoms with van der Waals surface area (Å²) < 4.78 is 0.971. The molecule has 0 aromatic heterocycles. The zero-order valence-corrected chi connectivity index (χ0v) is 18.6. The van der Waals surface area contributed by atoms with Crippen molar-refractivity contribution >= 4 is 39.2 Å². The number of amides is 3. The first kappa shape index (κ1) is 21.6. The van der Waals surface area contributed by atoms with E-state index < -0.39 is 0 Å². The predicted octanol–water partition coefficient (Wildman–Crippen LogP) is 5.32. The van der Waals surface area contributed by atoms with Crippen LogP contribution in [0.4, 0.5) is 16.2 Å². The number of hydrogen-bond acceptors (Lipinski definition) is 2. The van der Waals surface area contributed by atoms with Crippen LogP contribution < -0.4 is 10.2 Å². The van der Waals surface area contributed by atoms with Gasteiger partial charge in [0.25, 0.3) is 0 Å². The molecule has 0 unspecified atom stereocenters. The van der Waals surface area contributed by atoms with Gasteiger partial charge in [0.1, 0.15) is 0 Å². The summed E-state index contributed by atoms with van der Waals surface area (Å²) >= 11 is 3.50. The summed E-state index contributed by atoms with van der Waals surface area (Å²) in [6, 6.07) is 24.5. The van der Waals surface area contributed by atoms with Crippen LogP contribution in [0.2, 0.25) is 0 Å². The first-order chi connectivity index (χ1) is 14.4. The normalized spacial score (nSPS) is 10.4. The molecule has 0 aliphatic carbocycles. The molecule has 30 heavy (non-hydrogen) atoms. The second-order valence-electron chi connectivity index (χ2n) is 7.04.